The van der Waals surface area contributed by atoms with Gasteiger partial charge in [0.25, 0.3) is 0 Å². The van der Waals surface area contributed by atoms with Crippen molar-refractivity contribution in [2.45, 2.75) is 26.2 Å². The van der Waals surface area contributed by atoms with Crippen LogP contribution in [0.5, 0.6) is 5.75 Å². The van der Waals surface area contributed by atoms with E-state index in [1.807, 2.05) is 19.1 Å². The molecule has 5 nitrogen and oxygen atoms in total. The van der Waals surface area contributed by atoms with Crippen LogP contribution in [0.25, 0.3) is 0 Å². The summed E-state index contributed by atoms with van der Waals surface area (Å²) in [4.78, 5) is 22.7. The van der Waals surface area contributed by atoms with Crippen molar-refractivity contribution in [1.82, 2.24) is 5.32 Å². The molecule has 0 saturated heterocycles. The van der Waals surface area contributed by atoms with E-state index in [4.69, 9.17) is 9.47 Å². The molecule has 21 heavy (non-hydrogen) atoms. The van der Waals surface area contributed by atoms with Gasteiger partial charge in [0.15, 0.2) is 0 Å². The summed E-state index contributed by atoms with van der Waals surface area (Å²) in [5.74, 6) is 0.218. The number of carbonyl (C=O) groups is 2. The monoisotopic (exact) mass is 291 g/mol. The summed E-state index contributed by atoms with van der Waals surface area (Å²) in [5.41, 5.74) is 0.979. The first-order valence-corrected chi connectivity index (χ1v) is 6.96. The maximum absolute atomic E-state index is 11.4. The van der Waals surface area contributed by atoms with Crippen molar-refractivity contribution in [2.24, 2.45) is 0 Å². The highest BCUT2D eigenvalue weighted by Crippen LogP contribution is 2.13. The molecule has 0 unspecified atom stereocenters. The second kappa shape index (κ2) is 9.58. The lowest BCUT2D eigenvalue weighted by atomic mass is 10.1. The predicted octanol–water partition coefficient (Wildman–Crippen LogP) is 2.85. The lowest BCUT2D eigenvalue weighted by Gasteiger charge is -2.06. The number of rotatable bonds is 8. The van der Waals surface area contributed by atoms with Crippen molar-refractivity contribution in [2.75, 3.05) is 13.2 Å². The Bertz CT molecular complexity index is 468. The standard InChI is InChI=1S/C16H21NO4/c1-3-11-17-16(19)21-14-8-5-13(6-9-14)7-10-15(18)20-12-4-2/h4-6,8-9H,2-3,7,10-12H2,1H3,(H,17,19). The zero-order valence-electron chi connectivity index (χ0n) is 12.3. The molecule has 0 radical (unpaired) electrons. The summed E-state index contributed by atoms with van der Waals surface area (Å²) in [6.07, 6.45) is 2.82. The van der Waals surface area contributed by atoms with Gasteiger partial charge in [-0.1, -0.05) is 31.7 Å². The molecular formula is C16H21NO4. The Morgan fingerprint density at radius 1 is 1.29 bits per heavy atom. The van der Waals surface area contributed by atoms with Crippen LogP contribution in [0.4, 0.5) is 4.79 Å². The van der Waals surface area contributed by atoms with E-state index in [0.29, 0.717) is 25.1 Å². The van der Waals surface area contributed by atoms with E-state index in [-0.39, 0.29) is 12.6 Å². The fourth-order valence-corrected chi connectivity index (χ4v) is 1.56. The zero-order chi connectivity index (χ0) is 15.5. The lowest BCUT2D eigenvalue weighted by Crippen LogP contribution is -2.27. The van der Waals surface area contributed by atoms with E-state index in [2.05, 4.69) is 11.9 Å². The van der Waals surface area contributed by atoms with Crippen LogP contribution < -0.4 is 10.1 Å². The Kier molecular flexibility index (Phi) is 7.64. The molecule has 0 aliphatic heterocycles. The van der Waals surface area contributed by atoms with Crippen molar-refractivity contribution >= 4 is 12.1 Å². The molecular weight excluding hydrogens is 270 g/mol. The highest BCUT2D eigenvalue weighted by molar-refractivity contribution is 5.70. The molecule has 0 spiro atoms. The van der Waals surface area contributed by atoms with Gasteiger partial charge in [-0.25, -0.2) is 4.79 Å². The Labute approximate surface area is 124 Å². The number of benzene rings is 1. The van der Waals surface area contributed by atoms with Gasteiger partial charge in [-0.2, -0.15) is 0 Å². The van der Waals surface area contributed by atoms with Crippen LogP contribution in [0.1, 0.15) is 25.3 Å². The third kappa shape index (κ3) is 7.15. The van der Waals surface area contributed by atoms with Crippen LogP contribution in [0.3, 0.4) is 0 Å². The van der Waals surface area contributed by atoms with E-state index in [1.165, 1.54) is 6.08 Å². The molecule has 5 heteroatoms. The van der Waals surface area contributed by atoms with Gasteiger partial charge in [0.1, 0.15) is 12.4 Å². The van der Waals surface area contributed by atoms with Gasteiger partial charge in [0.2, 0.25) is 0 Å². The minimum absolute atomic E-state index is 0.235. The molecule has 0 atom stereocenters. The summed E-state index contributed by atoms with van der Waals surface area (Å²) in [5, 5.41) is 2.62. The summed E-state index contributed by atoms with van der Waals surface area (Å²) >= 11 is 0. The Balaban J connectivity index is 2.38. The molecule has 0 heterocycles. The number of amides is 1. The maximum atomic E-state index is 11.4. The summed E-state index contributed by atoms with van der Waals surface area (Å²) < 4.78 is 9.99. The molecule has 0 aliphatic carbocycles. The van der Waals surface area contributed by atoms with Gasteiger partial charge in [0.05, 0.1) is 0 Å². The Morgan fingerprint density at radius 3 is 2.62 bits per heavy atom. The fourth-order valence-electron chi connectivity index (χ4n) is 1.56. The molecule has 1 rings (SSSR count). The van der Waals surface area contributed by atoms with Crippen molar-refractivity contribution in [3.8, 4) is 5.75 Å². The van der Waals surface area contributed by atoms with Crippen LogP contribution in [-0.4, -0.2) is 25.2 Å². The number of ether oxygens (including phenoxy) is 2. The molecule has 1 N–H and O–H groups in total. The fraction of sp³-hybridized carbons (Fsp3) is 0.375. The van der Waals surface area contributed by atoms with Gasteiger partial charge in [-0.3, -0.25) is 4.79 Å². The Hall–Kier alpha value is -2.30. The van der Waals surface area contributed by atoms with Gasteiger partial charge in [0, 0.05) is 13.0 Å². The van der Waals surface area contributed by atoms with E-state index in [0.717, 1.165) is 12.0 Å². The van der Waals surface area contributed by atoms with Crippen LogP contribution in [0.2, 0.25) is 0 Å². The number of nitrogens with one attached hydrogen (secondary N) is 1. The largest absolute Gasteiger partial charge is 0.461 e. The van der Waals surface area contributed by atoms with Crippen molar-refractivity contribution < 1.29 is 19.1 Å². The first-order valence-electron chi connectivity index (χ1n) is 6.96. The Morgan fingerprint density at radius 2 is 2.00 bits per heavy atom. The normalized spacial score (nSPS) is 9.76. The number of carbonyl (C=O) groups excluding carboxylic acids is 2. The van der Waals surface area contributed by atoms with Gasteiger partial charge < -0.3 is 14.8 Å². The number of aryl methyl sites for hydroxylation is 1. The molecule has 1 aromatic carbocycles. The van der Waals surface area contributed by atoms with E-state index in [1.54, 1.807) is 12.1 Å². The minimum Gasteiger partial charge on any atom is -0.461 e. The average Bonchev–Trinajstić information content (AvgIpc) is 2.50. The highest BCUT2D eigenvalue weighted by atomic mass is 16.6. The van der Waals surface area contributed by atoms with Crippen LogP contribution in [0.15, 0.2) is 36.9 Å². The topological polar surface area (TPSA) is 64.6 Å². The number of hydrogen-bond donors (Lipinski definition) is 1. The summed E-state index contributed by atoms with van der Waals surface area (Å²) in [6.45, 7) is 6.27. The van der Waals surface area contributed by atoms with Gasteiger partial charge >= 0.3 is 12.1 Å². The second-order valence-electron chi connectivity index (χ2n) is 4.43. The molecule has 0 bridgehead atoms. The average molecular weight is 291 g/mol. The van der Waals surface area contributed by atoms with E-state index < -0.39 is 6.09 Å². The van der Waals surface area contributed by atoms with E-state index >= 15 is 0 Å². The van der Waals surface area contributed by atoms with E-state index in [9.17, 15) is 9.59 Å². The number of esters is 1. The van der Waals surface area contributed by atoms with Crippen molar-refractivity contribution in [3.63, 3.8) is 0 Å². The van der Waals surface area contributed by atoms with Gasteiger partial charge in [-0.15, -0.1) is 0 Å². The summed E-state index contributed by atoms with van der Waals surface area (Å²) in [7, 11) is 0. The minimum atomic E-state index is -0.461. The highest BCUT2D eigenvalue weighted by Gasteiger charge is 2.05. The van der Waals surface area contributed by atoms with Crippen molar-refractivity contribution in [3.05, 3.63) is 42.5 Å². The van der Waals surface area contributed by atoms with Crippen molar-refractivity contribution in [1.29, 1.82) is 0 Å². The zero-order valence-corrected chi connectivity index (χ0v) is 12.3. The molecule has 1 amide bonds. The third-order valence-electron chi connectivity index (χ3n) is 2.63. The SMILES string of the molecule is C=CCOC(=O)CCc1ccc(OC(=O)NCCC)cc1. The lowest BCUT2D eigenvalue weighted by molar-refractivity contribution is -0.142. The first kappa shape index (κ1) is 16.8. The molecule has 0 saturated carbocycles. The number of hydrogen-bond acceptors (Lipinski definition) is 4. The van der Waals surface area contributed by atoms with Gasteiger partial charge in [-0.05, 0) is 30.5 Å². The molecule has 0 aliphatic rings. The molecule has 0 fully saturated rings. The summed E-state index contributed by atoms with van der Waals surface area (Å²) in [6, 6.07) is 7.05. The van der Waals surface area contributed by atoms with Crippen LogP contribution in [0, 0.1) is 0 Å². The van der Waals surface area contributed by atoms with Crippen LogP contribution in [-0.2, 0) is 16.0 Å². The smallest absolute Gasteiger partial charge is 0.412 e. The predicted molar refractivity (Wildman–Crippen MR) is 80.2 cm³/mol. The maximum Gasteiger partial charge on any atom is 0.412 e. The molecule has 0 aromatic heterocycles. The molecule has 114 valence electrons. The third-order valence-corrected chi connectivity index (χ3v) is 2.63. The quantitative estimate of drug-likeness (QED) is 0.591. The molecule has 1 aromatic rings. The first-order chi connectivity index (χ1) is 10.2. The van der Waals surface area contributed by atoms with Crippen LogP contribution >= 0.6 is 0 Å². The second-order valence-corrected chi connectivity index (χ2v) is 4.43.